The first-order valence-corrected chi connectivity index (χ1v) is 25.6. The molecule has 14 rings (SSSR count). The number of hydrogen-bond acceptors (Lipinski definition) is 5. The van der Waals surface area contributed by atoms with Gasteiger partial charge in [0.05, 0.1) is 22.1 Å². The minimum absolute atomic E-state index is 0.480. The summed E-state index contributed by atoms with van der Waals surface area (Å²) < 4.78 is 10.8. The van der Waals surface area contributed by atoms with Crippen LogP contribution in [0.1, 0.15) is 5.56 Å². The topological polar surface area (TPSA) is 55.3 Å². The number of anilines is 6. The van der Waals surface area contributed by atoms with Crippen molar-refractivity contribution < 1.29 is 4.52 Å². The Kier molecular flexibility index (Phi) is 10.9. The number of para-hydroxylation sites is 6. The van der Waals surface area contributed by atoms with E-state index < -0.39 is 0 Å². The van der Waals surface area contributed by atoms with Gasteiger partial charge in [-0.2, -0.15) is 4.98 Å². The van der Waals surface area contributed by atoms with Gasteiger partial charge in [0.1, 0.15) is 0 Å². The molecule has 0 amide bonds. The molecule has 0 fully saturated rings. The molecule has 0 N–H and O–H groups in total. The summed E-state index contributed by atoms with van der Waals surface area (Å²) >= 11 is 0. The van der Waals surface area contributed by atoms with Gasteiger partial charge in [-0.1, -0.05) is 151 Å². The molecule has 0 radical (unpaired) electrons. The Bertz CT molecular complexity index is 4120. The van der Waals surface area contributed by atoms with Gasteiger partial charge in [0.2, 0.25) is 5.82 Å². The minimum Gasteiger partial charge on any atom is -0.334 e. The number of aromatic nitrogens is 4. The number of rotatable bonds is 11. The lowest BCUT2D eigenvalue weighted by atomic mass is 9.97. The lowest BCUT2D eigenvalue weighted by molar-refractivity contribution is 0.432. The van der Waals surface area contributed by atoms with E-state index in [1.807, 2.05) is 30.3 Å². The molecule has 0 bridgehead atoms. The summed E-state index contributed by atoms with van der Waals surface area (Å²) in [4.78, 5) is 9.48. The third-order valence-electron chi connectivity index (χ3n) is 14.5. The Morgan fingerprint density at radius 3 is 1.21 bits per heavy atom. The smallest absolute Gasteiger partial charge is 0.258 e. The fourth-order valence-corrected chi connectivity index (χ4v) is 11.1. The van der Waals surface area contributed by atoms with E-state index >= 15 is 0 Å². The maximum atomic E-state index is 5.88. The van der Waals surface area contributed by atoms with E-state index in [1.54, 1.807) is 0 Å². The molecular formula is C69H48N6O. The first-order chi connectivity index (χ1) is 37.6. The van der Waals surface area contributed by atoms with Gasteiger partial charge in [-0.15, -0.1) is 0 Å². The van der Waals surface area contributed by atoms with Crippen molar-refractivity contribution in [2.75, 3.05) is 9.80 Å². The van der Waals surface area contributed by atoms with Crippen molar-refractivity contribution in [2.45, 2.75) is 6.92 Å². The van der Waals surface area contributed by atoms with Crippen molar-refractivity contribution in [3.63, 3.8) is 0 Å². The van der Waals surface area contributed by atoms with Gasteiger partial charge < -0.3 is 23.5 Å². The predicted octanol–water partition coefficient (Wildman–Crippen LogP) is 18.5. The van der Waals surface area contributed by atoms with E-state index in [4.69, 9.17) is 9.51 Å². The van der Waals surface area contributed by atoms with E-state index in [2.05, 4.69) is 274 Å². The van der Waals surface area contributed by atoms with Gasteiger partial charge in [-0.3, -0.25) is 0 Å². The van der Waals surface area contributed by atoms with Crippen LogP contribution in [-0.2, 0) is 0 Å². The zero-order chi connectivity index (χ0) is 50.5. The quantitative estimate of drug-likeness (QED) is 0.129. The van der Waals surface area contributed by atoms with Gasteiger partial charge in [0.15, 0.2) is 0 Å². The first kappa shape index (κ1) is 44.5. The standard InChI is InChI=1S/C69H48N6O/c1-47-41-49(69-70-68(71-76-69)48-21-7-2-8-22-48)35-38-59(47)50-42-57(74-64-33-19-17-31-60(64)62-45-55(36-39-66(62)74)72(51-23-9-3-10-24-51)52-25-11-4-12-26-52)44-58(43-50)75-65-34-20-18-32-61(65)63-46-56(37-40-67(63)75)73(53-27-13-5-14-28-53)54-29-15-6-16-30-54/h2-46H,1H3. The second kappa shape index (κ2) is 18.7. The van der Waals surface area contributed by atoms with E-state index in [0.717, 1.165) is 106 Å². The van der Waals surface area contributed by atoms with E-state index in [1.165, 1.54) is 10.8 Å². The third kappa shape index (κ3) is 7.77. The van der Waals surface area contributed by atoms with Crippen LogP contribution in [0.5, 0.6) is 0 Å². The summed E-state index contributed by atoms with van der Waals surface area (Å²) in [5, 5.41) is 9.02. The Balaban J connectivity index is 0.978. The summed E-state index contributed by atoms with van der Waals surface area (Å²) in [5.41, 5.74) is 18.1. The summed E-state index contributed by atoms with van der Waals surface area (Å²) in [6, 6.07) is 97.2. The highest BCUT2D eigenvalue weighted by molar-refractivity contribution is 6.12. The molecule has 0 spiro atoms. The van der Waals surface area contributed by atoms with Crippen LogP contribution < -0.4 is 9.80 Å². The van der Waals surface area contributed by atoms with Crippen molar-refractivity contribution in [1.82, 2.24) is 19.3 Å². The Morgan fingerprint density at radius 2 is 0.750 bits per heavy atom. The maximum Gasteiger partial charge on any atom is 0.258 e. The second-order valence-corrected chi connectivity index (χ2v) is 19.2. The van der Waals surface area contributed by atoms with Gasteiger partial charge in [0, 0.05) is 78.2 Å². The molecule has 0 unspecified atom stereocenters. The highest BCUT2D eigenvalue weighted by atomic mass is 16.5. The SMILES string of the molecule is Cc1cc(-c2nc(-c3ccccc3)no2)ccc1-c1cc(-n2c3ccccc3c3cc(N(c4ccccc4)c4ccccc4)ccc32)cc(-n2c3ccccc3c3cc(N(c4ccccc4)c4ccccc4)ccc32)c1. The lowest BCUT2D eigenvalue weighted by Crippen LogP contribution is -2.09. The summed E-state index contributed by atoms with van der Waals surface area (Å²) in [6.45, 7) is 2.17. The minimum atomic E-state index is 0.480. The third-order valence-corrected chi connectivity index (χ3v) is 14.5. The number of nitrogens with zero attached hydrogens (tertiary/aromatic N) is 6. The van der Waals surface area contributed by atoms with Crippen molar-refractivity contribution in [3.05, 3.63) is 279 Å². The monoisotopic (exact) mass is 976 g/mol. The van der Waals surface area contributed by atoms with Crippen molar-refractivity contribution in [1.29, 1.82) is 0 Å². The molecule has 0 atom stereocenters. The van der Waals surface area contributed by atoms with E-state index in [-0.39, 0.29) is 0 Å². The molecule has 11 aromatic carbocycles. The van der Waals surface area contributed by atoms with Gasteiger partial charge >= 0.3 is 0 Å². The fraction of sp³-hybridized carbons (Fsp3) is 0.0145. The normalized spacial score (nSPS) is 11.5. The molecule has 3 aromatic heterocycles. The molecule has 360 valence electrons. The fourth-order valence-electron chi connectivity index (χ4n) is 11.1. The molecule has 0 aliphatic heterocycles. The van der Waals surface area contributed by atoms with Crippen LogP contribution >= 0.6 is 0 Å². The van der Waals surface area contributed by atoms with Crippen molar-refractivity contribution >= 4 is 77.7 Å². The van der Waals surface area contributed by atoms with Gasteiger partial charge in [-0.05, 0) is 151 Å². The first-order valence-electron chi connectivity index (χ1n) is 25.6. The number of fused-ring (bicyclic) bond motifs is 6. The molecule has 76 heavy (non-hydrogen) atoms. The van der Waals surface area contributed by atoms with Crippen LogP contribution in [-0.4, -0.2) is 19.3 Å². The lowest BCUT2D eigenvalue weighted by Gasteiger charge is -2.25. The van der Waals surface area contributed by atoms with Gasteiger partial charge in [-0.25, -0.2) is 0 Å². The number of benzene rings is 11. The molecule has 7 nitrogen and oxygen atoms in total. The summed E-state index contributed by atoms with van der Waals surface area (Å²) in [5.74, 6) is 1.04. The maximum absolute atomic E-state index is 5.88. The zero-order valence-corrected chi connectivity index (χ0v) is 41.6. The van der Waals surface area contributed by atoms with Crippen molar-refractivity contribution in [3.8, 4) is 45.3 Å². The molecule has 3 heterocycles. The molecule has 7 heteroatoms. The molecule has 0 saturated heterocycles. The van der Waals surface area contributed by atoms with Crippen LogP contribution in [0.3, 0.4) is 0 Å². The Morgan fingerprint density at radius 1 is 0.329 bits per heavy atom. The molecular weight excluding hydrogens is 929 g/mol. The second-order valence-electron chi connectivity index (χ2n) is 19.2. The van der Waals surface area contributed by atoms with E-state index in [0.29, 0.717) is 11.7 Å². The van der Waals surface area contributed by atoms with Crippen LogP contribution in [0, 0.1) is 6.92 Å². The number of hydrogen-bond donors (Lipinski definition) is 0. The largest absolute Gasteiger partial charge is 0.334 e. The van der Waals surface area contributed by atoms with Crippen LogP contribution in [0.25, 0.3) is 89.0 Å². The average Bonchev–Trinajstić information content (AvgIpc) is 4.30. The zero-order valence-electron chi connectivity index (χ0n) is 41.6. The molecule has 0 aliphatic rings. The van der Waals surface area contributed by atoms with Gasteiger partial charge in [0.25, 0.3) is 5.89 Å². The van der Waals surface area contributed by atoms with E-state index in [9.17, 15) is 0 Å². The predicted molar refractivity (Wildman–Crippen MR) is 313 cm³/mol. The molecule has 14 aromatic rings. The Hall–Kier alpha value is -10.2. The molecule has 0 saturated carbocycles. The highest BCUT2D eigenvalue weighted by Crippen LogP contribution is 2.44. The van der Waals surface area contributed by atoms with Crippen LogP contribution in [0.15, 0.2) is 278 Å². The van der Waals surface area contributed by atoms with Crippen LogP contribution in [0.2, 0.25) is 0 Å². The summed E-state index contributed by atoms with van der Waals surface area (Å²) in [6.07, 6.45) is 0. The Labute approximate surface area is 440 Å². The number of aryl methyl sites for hydroxylation is 1. The summed E-state index contributed by atoms with van der Waals surface area (Å²) in [7, 11) is 0. The highest BCUT2D eigenvalue weighted by Gasteiger charge is 2.22. The van der Waals surface area contributed by atoms with Crippen molar-refractivity contribution in [2.24, 2.45) is 0 Å². The average molecular weight is 977 g/mol. The molecule has 0 aliphatic carbocycles. The van der Waals surface area contributed by atoms with Crippen LogP contribution in [0.4, 0.5) is 34.1 Å².